The molecule has 1 atom stereocenters. The van der Waals surface area contributed by atoms with Crippen molar-refractivity contribution >= 4 is 46.5 Å². The fourth-order valence-corrected chi connectivity index (χ4v) is 2.85. The highest BCUT2D eigenvalue weighted by Crippen LogP contribution is 2.26. The first-order valence-electron chi connectivity index (χ1n) is 6.67. The fraction of sp³-hybridized carbons (Fsp3) is 0.333. The van der Waals surface area contributed by atoms with Crippen molar-refractivity contribution in [3.8, 4) is 11.3 Å². The summed E-state index contributed by atoms with van der Waals surface area (Å²) in [6.07, 6.45) is 2.05. The van der Waals surface area contributed by atoms with Crippen LogP contribution in [0, 0.1) is 5.92 Å². The number of carbonyl (C=O) groups excluding carboxylic acids is 1. The molecule has 1 heterocycles. The zero-order chi connectivity index (χ0) is 15.4. The zero-order valence-corrected chi connectivity index (χ0v) is 15.1. The van der Waals surface area contributed by atoms with Crippen molar-refractivity contribution in [2.45, 2.75) is 24.8 Å². The summed E-state index contributed by atoms with van der Waals surface area (Å²) in [6.45, 7) is 3.84. The molecule has 1 aromatic heterocycles. The summed E-state index contributed by atoms with van der Waals surface area (Å²) in [6, 6.07) is 7.68. The van der Waals surface area contributed by atoms with Gasteiger partial charge in [-0.2, -0.15) is 0 Å². The van der Waals surface area contributed by atoms with E-state index in [1.807, 2.05) is 37.6 Å². The van der Waals surface area contributed by atoms with E-state index in [0.717, 1.165) is 11.3 Å². The summed E-state index contributed by atoms with van der Waals surface area (Å²) < 4.78 is 0. The number of amides is 1. The molecule has 0 aliphatic heterocycles. The van der Waals surface area contributed by atoms with Crippen LogP contribution in [0.2, 0.25) is 0 Å². The predicted octanol–water partition coefficient (Wildman–Crippen LogP) is 3.88. The van der Waals surface area contributed by atoms with E-state index in [0.29, 0.717) is 5.13 Å². The van der Waals surface area contributed by atoms with Gasteiger partial charge in [0.25, 0.3) is 0 Å². The Bertz CT molecular complexity index is 614. The van der Waals surface area contributed by atoms with Crippen molar-refractivity contribution in [1.29, 1.82) is 0 Å². The van der Waals surface area contributed by atoms with Crippen molar-refractivity contribution in [3.05, 3.63) is 29.6 Å². The molecule has 0 aliphatic rings. The van der Waals surface area contributed by atoms with E-state index in [1.165, 1.54) is 16.2 Å². The van der Waals surface area contributed by atoms with Crippen molar-refractivity contribution in [2.24, 2.45) is 11.7 Å². The Morgan fingerprint density at radius 3 is 2.50 bits per heavy atom. The molecular formula is C15H20ClN3OS2. The number of benzene rings is 1. The number of hydrogen-bond donors (Lipinski definition) is 2. The van der Waals surface area contributed by atoms with Crippen LogP contribution in [0.3, 0.4) is 0 Å². The molecule has 0 fully saturated rings. The topological polar surface area (TPSA) is 68.0 Å². The number of carbonyl (C=O) groups is 1. The predicted molar refractivity (Wildman–Crippen MR) is 98.0 cm³/mol. The Kier molecular flexibility index (Phi) is 7.35. The molecule has 22 heavy (non-hydrogen) atoms. The minimum atomic E-state index is -0.516. The largest absolute Gasteiger partial charge is 0.320 e. The van der Waals surface area contributed by atoms with Gasteiger partial charge in [0, 0.05) is 15.8 Å². The molecule has 1 amide bonds. The van der Waals surface area contributed by atoms with Gasteiger partial charge in [0.05, 0.1) is 11.7 Å². The number of halogens is 1. The number of anilines is 1. The van der Waals surface area contributed by atoms with E-state index in [-0.39, 0.29) is 24.2 Å². The van der Waals surface area contributed by atoms with Crippen LogP contribution in [0.25, 0.3) is 11.3 Å². The lowest BCUT2D eigenvalue weighted by Crippen LogP contribution is -2.39. The van der Waals surface area contributed by atoms with Gasteiger partial charge in [-0.3, -0.25) is 4.79 Å². The van der Waals surface area contributed by atoms with Crippen LogP contribution in [-0.4, -0.2) is 23.2 Å². The van der Waals surface area contributed by atoms with Crippen LogP contribution in [-0.2, 0) is 4.79 Å². The summed E-state index contributed by atoms with van der Waals surface area (Å²) in [7, 11) is 0. The highest BCUT2D eigenvalue weighted by atomic mass is 35.5. The van der Waals surface area contributed by atoms with Gasteiger partial charge in [-0.25, -0.2) is 4.98 Å². The molecule has 3 N–H and O–H groups in total. The Hall–Kier alpha value is -1.08. The second kappa shape index (κ2) is 8.53. The van der Waals surface area contributed by atoms with Gasteiger partial charge in [-0.1, -0.05) is 26.0 Å². The third-order valence-electron chi connectivity index (χ3n) is 3.14. The molecular weight excluding hydrogens is 338 g/mol. The maximum atomic E-state index is 11.9. The summed E-state index contributed by atoms with van der Waals surface area (Å²) in [5.74, 6) is -0.0906. The number of thioether (sulfide) groups is 1. The summed E-state index contributed by atoms with van der Waals surface area (Å²) >= 11 is 3.11. The number of thiazole rings is 1. The number of nitrogens with one attached hydrogen (secondary N) is 1. The lowest BCUT2D eigenvalue weighted by Gasteiger charge is -2.13. The van der Waals surface area contributed by atoms with E-state index in [2.05, 4.69) is 22.4 Å². The molecule has 4 nitrogen and oxygen atoms in total. The molecule has 0 saturated heterocycles. The SMILES string of the molecule is CSc1ccc(-c2csc(NC(=O)[C@@H](N)C(C)C)n2)cc1.Cl. The minimum Gasteiger partial charge on any atom is -0.320 e. The maximum Gasteiger partial charge on any atom is 0.243 e. The quantitative estimate of drug-likeness (QED) is 0.797. The first-order chi connectivity index (χ1) is 10.0. The van der Waals surface area contributed by atoms with E-state index < -0.39 is 6.04 Å². The van der Waals surface area contributed by atoms with Crippen LogP contribution >= 0.6 is 35.5 Å². The zero-order valence-electron chi connectivity index (χ0n) is 12.7. The van der Waals surface area contributed by atoms with Crippen LogP contribution in [0.15, 0.2) is 34.5 Å². The van der Waals surface area contributed by atoms with Gasteiger partial charge >= 0.3 is 0 Å². The third kappa shape index (κ3) is 4.71. The number of nitrogens with two attached hydrogens (primary N) is 1. The van der Waals surface area contributed by atoms with E-state index in [9.17, 15) is 4.79 Å². The highest BCUT2D eigenvalue weighted by Gasteiger charge is 2.18. The highest BCUT2D eigenvalue weighted by molar-refractivity contribution is 7.98. The standard InChI is InChI=1S/C15H19N3OS2.ClH/c1-9(2)13(16)14(19)18-15-17-12(8-21-15)10-4-6-11(20-3)7-5-10;/h4-9,13H,16H2,1-3H3,(H,17,18,19);1H/t13-;/m0./s1. The molecule has 7 heteroatoms. The van der Waals surface area contributed by atoms with Crippen LogP contribution in [0.1, 0.15) is 13.8 Å². The van der Waals surface area contributed by atoms with Crippen molar-refractivity contribution in [1.82, 2.24) is 4.98 Å². The van der Waals surface area contributed by atoms with Gasteiger partial charge in [-0.05, 0) is 24.3 Å². The molecule has 2 rings (SSSR count). The lowest BCUT2D eigenvalue weighted by molar-refractivity contribution is -0.118. The molecule has 1 aromatic carbocycles. The molecule has 0 radical (unpaired) electrons. The van der Waals surface area contributed by atoms with Gasteiger partial charge in [0.1, 0.15) is 0 Å². The number of rotatable bonds is 5. The molecule has 0 saturated carbocycles. The molecule has 120 valence electrons. The first-order valence-corrected chi connectivity index (χ1v) is 8.78. The minimum absolute atomic E-state index is 0. The van der Waals surface area contributed by atoms with E-state index >= 15 is 0 Å². The molecule has 0 spiro atoms. The Balaban J connectivity index is 0.00000242. The van der Waals surface area contributed by atoms with Gasteiger partial charge in [0.15, 0.2) is 5.13 Å². The molecule has 0 bridgehead atoms. The normalized spacial score (nSPS) is 11.9. The smallest absolute Gasteiger partial charge is 0.243 e. The maximum absolute atomic E-state index is 11.9. The van der Waals surface area contributed by atoms with E-state index in [4.69, 9.17) is 5.73 Å². The van der Waals surface area contributed by atoms with E-state index in [1.54, 1.807) is 11.8 Å². The average molecular weight is 358 g/mol. The van der Waals surface area contributed by atoms with Gasteiger partial charge < -0.3 is 11.1 Å². The van der Waals surface area contributed by atoms with Crippen LogP contribution in [0.4, 0.5) is 5.13 Å². The van der Waals surface area contributed by atoms with Gasteiger partial charge in [0.2, 0.25) is 5.91 Å². The fourth-order valence-electron chi connectivity index (χ4n) is 1.72. The Morgan fingerprint density at radius 2 is 1.95 bits per heavy atom. The second-order valence-electron chi connectivity index (χ2n) is 5.03. The molecule has 0 aliphatic carbocycles. The van der Waals surface area contributed by atoms with Crippen LogP contribution < -0.4 is 11.1 Å². The number of aromatic nitrogens is 1. The van der Waals surface area contributed by atoms with Crippen molar-refractivity contribution < 1.29 is 4.79 Å². The van der Waals surface area contributed by atoms with Crippen LogP contribution in [0.5, 0.6) is 0 Å². The monoisotopic (exact) mass is 357 g/mol. The average Bonchev–Trinajstić information content (AvgIpc) is 2.94. The third-order valence-corrected chi connectivity index (χ3v) is 4.64. The Morgan fingerprint density at radius 1 is 1.32 bits per heavy atom. The second-order valence-corrected chi connectivity index (χ2v) is 6.76. The number of hydrogen-bond acceptors (Lipinski definition) is 5. The molecule has 0 unspecified atom stereocenters. The summed E-state index contributed by atoms with van der Waals surface area (Å²) in [4.78, 5) is 17.6. The number of nitrogens with zero attached hydrogens (tertiary/aromatic N) is 1. The van der Waals surface area contributed by atoms with Crippen molar-refractivity contribution in [3.63, 3.8) is 0 Å². The lowest BCUT2D eigenvalue weighted by atomic mass is 10.1. The molecule has 2 aromatic rings. The van der Waals surface area contributed by atoms with Crippen molar-refractivity contribution in [2.75, 3.05) is 11.6 Å². The Labute approximate surface area is 145 Å². The summed E-state index contributed by atoms with van der Waals surface area (Å²) in [5, 5.41) is 5.29. The van der Waals surface area contributed by atoms with Gasteiger partial charge in [-0.15, -0.1) is 35.5 Å². The first kappa shape index (κ1) is 19.0. The summed E-state index contributed by atoms with van der Waals surface area (Å²) in [5.41, 5.74) is 7.72.